The number of aliphatic carboxylic acids is 1. The summed E-state index contributed by atoms with van der Waals surface area (Å²) in [6, 6.07) is 1.06. The molecule has 1 heterocycles. The highest BCUT2D eigenvalue weighted by atomic mass is 16.6. The Kier molecular flexibility index (Phi) is 4.86. The zero-order valence-electron chi connectivity index (χ0n) is 12.9. The fraction of sp³-hybridized carbons (Fsp3) is 0.214. The van der Waals surface area contributed by atoms with Gasteiger partial charge in [0.1, 0.15) is 12.2 Å². The Morgan fingerprint density at radius 1 is 1.44 bits per heavy atom. The number of phenolic OH excluding ortho intramolecular Hbond substituents is 1. The number of nitrogens with one attached hydrogen (secondary N) is 1. The first-order chi connectivity index (χ1) is 11.7. The van der Waals surface area contributed by atoms with Crippen LogP contribution >= 0.6 is 0 Å². The Hall–Kier alpha value is -3.63. The third kappa shape index (κ3) is 3.65. The van der Waals surface area contributed by atoms with Crippen molar-refractivity contribution >= 4 is 29.7 Å². The molecule has 11 heteroatoms. The summed E-state index contributed by atoms with van der Waals surface area (Å²) in [5.41, 5.74) is -0.866. The molecular weight excluding hydrogens is 338 g/mol. The molecule has 132 valence electrons. The van der Waals surface area contributed by atoms with Crippen LogP contribution in [0.2, 0.25) is 0 Å². The molecule has 0 aliphatic carbocycles. The number of aromatic hydroxyl groups is 1. The van der Waals surface area contributed by atoms with Crippen LogP contribution in [-0.2, 0) is 9.59 Å². The molecule has 3 N–H and O–H groups in total. The topological polar surface area (TPSA) is 159 Å². The lowest BCUT2D eigenvalue weighted by atomic mass is 10.1. The van der Waals surface area contributed by atoms with Crippen molar-refractivity contribution in [2.24, 2.45) is 0 Å². The Bertz CT molecular complexity index is 802. The van der Waals surface area contributed by atoms with E-state index in [-0.39, 0.29) is 23.6 Å². The molecule has 0 atom stereocenters. The first kappa shape index (κ1) is 17.7. The SMILES string of the molecule is CCOc1cc([N+](=O)[O-])cc(/C=C2/NC(=O)N(CC(=O)O)C2=O)c1O. The van der Waals surface area contributed by atoms with E-state index < -0.39 is 40.8 Å². The smallest absolute Gasteiger partial charge is 0.329 e. The predicted molar refractivity (Wildman–Crippen MR) is 81.8 cm³/mol. The Balaban J connectivity index is 2.46. The molecular formula is C14H13N3O8. The maximum Gasteiger partial charge on any atom is 0.329 e. The highest BCUT2D eigenvalue weighted by Gasteiger charge is 2.35. The van der Waals surface area contributed by atoms with Gasteiger partial charge in [0.15, 0.2) is 11.5 Å². The molecule has 1 saturated heterocycles. The number of nitrogens with zero attached hydrogens (tertiary/aromatic N) is 2. The van der Waals surface area contributed by atoms with Gasteiger partial charge in [-0.15, -0.1) is 0 Å². The molecule has 2 rings (SSSR count). The van der Waals surface area contributed by atoms with Crippen LogP contribution in [-0.4, -0.2) is 51.1 Å². The van der Waals surface area contributed by atoms with Crippen molar-refractivity contribution < 1.29 is 34.3 Å². The van der Waals surface area contributed by atoms with Gasteiger partial charge < -0.3 is 20.3 Å². The number of imide groups is 1. The highest BCUT2D eigenvalue weighted by Crippen LogP contribution is 2.36. The average Bonchev–Trinajstić information content (AvgIpc) is 2.78. The summed E-state index contributed by atoms with van der Waals surface area (Å²) >= 11 is 0. The van der Waals surface area contributed by atoms with E-state index in [1.165, 1.54) is 0 Å². The number of carboxylic acids is 1. The van der Waals surface area contributed by atoms with Crippen molar-refractivity contribution in [3.8, 4) is 11.5 Å². The molecule has 3 amide bonds. The summed E-state index contributed by atoms with van der Waals surface area (Å²) in [5.74, 6) is -2.95. The highest BCUT2D eigenvalue weighted by molar-refractivity contribution is 6.15. The molecule has 11 nitrogen and oxygen atoms in total. The standard InChI is InChI=1S/C14H13N3O8/c1-2-25-10-5-8(17(23)24)3-7(12(10)20)4-9-13(21)16(6-11(18)19)14(22)15-9/h3-5,20H,2,6H2,1H3,(H,15,22)(H,18,19)/b9-4+. The van der Waals surface area contributed by atoms with Gasteiger partial charge in [-0.1, -0.05) is 0 Å². The molecule has 1 aliphatic rings. The number of nitro groups is 1. The fourth-order valence-corrected chi connectivity index (χ4v) is 2.10. The zero-order chi connectivity index (χ0) is 18.7. The number of urea groups is 1. The number of rotatable bonds is 6. The number of phenols is 1. The minimum atomic E-state index is -1.39. The van der Waals surface area contributed by atoms with Crippen LogP contribution in [0.1, 0.15) is 12.5 Å². The molecule has 1 fully saturated rings. The molecule has 1 aromatic rings. The lowest BCUT2D eigenvalue weighted by Crippen LogP contribution is -2.35. The number of ether oxygens (including phenoxy) is 1. The Morgan fingerprint density at radius 2 is 2.12 bits per heavy atom. The minimum Gasteiger partial charge on any atom is -0.504 e. The summed E-state index contributed by atoms with van der Waals surface area (Å²) in [6.07, 6.45) is 1.01. The van der Waals surface area contributed by atoms with E-state index in [1.54, 1.807) is 6.92 Å². The molecule has 0 radical (unpaired) electrons. The summed E-state index contributed by atoms with van der Waals surface area (Å²) in [7, 11) is 0. The number of benzene rings is 1. The van der Waals surface area contributed by atoms with Gasteiger partial charge in [0.2, 0.25) is 0 Å². The second kappa shape index (κ2) is 6.86. The number of hydrogen-bond donors (Lipinski definition) is 3. The minimum absolute atomic E-state index is 0.132. The third-order valence-electron chi connectivity index (χ3n) is 3.16. The van der Waals surface area contributed by atoms with Crippen LogP contribution < -0.4 is 10.1 Å². The second-order valence-corrected chi connectivity index (χ2v) is 4.85. The number of non-ortho nitro benzene ring substituents is 1. The van der Waals surface area contributed by atoms with Crippen molar-refractivity contribution in [3.63, 3.8) is 0 Å². The van der Waals surface area contributed by atoms with Gasteiger partial charge in [0.25, 0.3) is 11.6 Å². The summed E-state index contributed by atoms with van der Waals surface area (Å²) in [5, 5.41) is 32.0. The normalized spacial score (nSPS) is 15.4. The monoisotopic (exact) mass is 351 g/mol. The van der Waals surface area contributed by atoms with E-state index in [9.17, 15) is 29.6 Å². The molecule has 1 aromatic carbocycles. The van der Waals surface area contributed by atoms with Gasteiger partial charge in [0, 0.05) is 11.6 Å². The molecule has 0 saturated carbocycles. The molecule has 25 heavy (non-hydrogen) atoms. The van der Waals surface area contributed by atoms with Gasteiger partial charge in [0.05, 0.1) is 17.6 Å². The zero-order valence-corrected chi connectivity index (χ0v) is 12.9. The molecule has 0 bridgehead atoms. The largest absolute Gasteiger partial charge is 0.504 e. The Morgan fingerprint density at radius 3 is 2.68 bits per heavy atom. The number of amides is 3. The van der Waals surface area contributed by atoms with Gasteiger partial charge in [-0.25, -0.2) is 9.69 Å². The van der Waals surface area contributed by atoms with Crippen LogP contribution in [0, 0.1) is 10.1 Å². The first-order valence-corrected chi connectivity index (χ1v) is 6.95. The van der Waals surface area contributed by atoms with Crippen LogP contribution in [0.4, 0.5) is 10.5 Å². The third-order valence-corrected chi connectivity index (χ3v) is 3.16. The van der Waals surface area contributed by atoms with Crippen LogP contribution in [0.25, 0.3) is 6.08 Å². The van der Waals surface area contributed by atoms with Crippen molar-refractivity contribution in [1.29, 1.82) is 0 Å². The van der Waals surface area contributed by atoms with E-state index in [1.807, 2.05) is 0 Å². The van der Waals surface area contributed by atoms with Crippen LogP contribution in [0.15, 0.2) is 17.8 Å². The second-order valence-electron chi connectivity index (χ2n) is 4.85. The van der Waals surface area contributed by atoms with E-state index in [2.05, 4.69) is 5.32 Å². The van der Waals surface area contributed by atoms with Crippen molar-refractivity contribution in [3.05, 3.63) is 33.5 Å². The summed E-state index contributed by atoms with van der Waals surface area (Å²) in [4.78, 5) is 45.1. The molecule has 0 spiro atoms. The number of nitro benzene ring substituents is 1. The van der Waals surface area contributed by atoms with Crippen molar-refractivity contribution in [2.75, 3.05) is 13.2 Å². The quantitative estimate of drug-likeness (QED) is 0.292. The fourth-order valence-electron chi connectivity index (χ4n) is 2.10. The number of carbonyl (C=O) groups excluding carboxylic acids is 2. The lowest BCUT2D eigenvalue weighted by molar-refractivity contribution is -0.385. The van der Waals surface area contributed by atoms with Gasteiger partial charge in [-0.05, 0) is 13.0 Å². The Labute approximate surface area is 140 Å². The van der Waals surface area contributed by atoms with Gasteiger partial charge >= 0.3 is 12.0 Å². The lowest BCUT2D eigenvalue weighted by Gasteiger charge is -2.09. The predicted octanol–water partition coefficient (Wildman–Crippen LogP) is 0.676. The van der Waals surface area contributed by atoms with Crippen LogP contribution in [0.3, 0.4) is 0 Å². The van der Waals surface area contributed by atoms with E-state index in [4.69, 9.17) is 9.84 Å². The maximum absolute atomic E-state index is 12.1. The maximum atomic E-state index is 12.1. The van der Waals surface area contributed by atoms with Gasteiger partial charge in [-0.2, -0.15) is 0 Å². The van der Waals surface area contributed by atoms with Crippen molar-refractivity contribution in [1.82, 2.24) is 10.2 Å². The first-order valence-electron chi connectivity index (χ1n) is 6.95. The number of carboxylic acid groups (broad SMARTS) is 1. The van der Waals surface area contributed by atoms with Crippen molar-refractivity contribution in [2.45, 2.75) is 6.92 Å². The molecule has 0 unspecified atom stereocenters. The van der Waals surface area contributed by atoms with Crippen LogP contribution in [0.5, 0.6) is 11.5 Å². The molecule has 1 aliphatic heterocycles. The van der Waals surface area contributed by atoms with E-state index >= 15 is 0 Å². The summed E-state index contributed by atoms with van der Waals surface area (Å²) in [6.45, 7) is 0.904. The van der Waals surface area contributed by atoms with E-state index in [0.717, 1.165) is 18.2 Å². The summed E-state index contributed by atoms with van der Waals surface area (Å²) < 4.78 is 5.11. The number of hydrogen-bond acceptors (Lipinski definition) is 7. The molecule has 0 aromatic heterocycles. The number of carbonyl (C=O) groups is 3. The van der Waals surface area contributed by atoms with Gasteiger partial charge in [-0.3, -0.25) is 19.7 Å². The average molecular weight is 351 g/mol. The van der Waals surface area contributed by atoms with E-state index in [0.29, 0.717) is 4.90 Å².